The molecule has 2 aliphatic carbocycles. The van der Waals surface area contributed by atoms with Gasteiger partial charge >= 0.3 is 0 Å². The van der Waals surface area contributed by atoms with Gasteiger partial charge in [0, 0.05) is 22.1 Å². The molecule has 0 aliphatic heterocycles. The van der Waals surface area contributed by atoms with E-state index in [0.717, 1.165) is 33.9 Å². The van der Waals surface area contributed by atoms with E-state index in [1.165, 1.54) is 38.2 Å². The average molecular weight is 563 g/mol. The smallest absolute Gasteiger partial charge is 0.160 e. The molecule has 1 heterocycles. The quantitative estimate of drug-likeness (QED) is 0.213. The fourth-order valence-electron chi connectivity index (χ4n) is 7.82. The van der Waals surface area contributed by atoms with Crippen LogP contribution in [-0.2, 0) is 5.41 Å². The van der Waals surface area contributed by atoms with Crippen LogP contribution in [0.15, 0.2) is 146 Å². The molecular formula is C42H30N2. The van der Waals surface area contributed by atoms with Gasteiger partial charge in [-0.15, -0.1) is 0 Å². The third-order valence-electron chi connectivity index (χ3n) is 10.0. The fourth-order valence-corrected chi connectivity index (χ4v) is 7.82. The maximum atomic E-state index is 5.23. The van der Waals surface area contributed by atoms with Crippen LogP contribution >= 0.6 is 0 Å². The standard InChI is InChI=1S/C42H30N2/c1-27-37-25-22-30-12-4-7-19-38(30)42(27,37)32-23-20-31(21-24-32)41-43-39(35-17-8-13-28-10-2-5-15-33(28)35)26-40(44-41)36-18-9-14-29-11-3-6-16-34(29)36/h2-27,37H,1H3. The molecule has 0 amide bonds. The molecule has 2 nitrogen and oxygen atoms in total. The van der Waals surface area contributed by atoms with E-state index in [-0.39, 0.29) is 5.41 Å². The molecule has 1 fully saturated rings. The SMILES string of the molecule is CC1C2C=Cc3ccccc3C12c1ccc(-c2nc(-c3cccc4ccccc34)cc(-c3cccc4ccccc34)n2)cc1. The van der Waals surface area contributed by atoms with E-state index in [1.807, 2.05) is 0 Å². The number of allylic oxidation sites excluding steroid dienone is 1. The first kappa shape index (κ1) is 25.2. The van der Waals surface area contributed by atoms with Crippen LogP contribution in [0.5, 0.6) is 0 Å². The Kier molecular flexibility index (Phi) is 5.49. The lowest BCUT2D eigenvalue weighted by Crippen LogP contribution is -2.16. The minimum atomic E-state index is 0.0453. The van der Waals surface area contributed by atoms with Gasteiger partial charge in [-0.3, -0.25) is 0 Å². The molecule has 7 aromatic rings. The normalized spacial score (nSPS) is 19.9. The summed E-state index contributed by atoms with van der Waals surface area (Å²) in [5.74, 6) is 1.84. The van der Waals surface area contributed by atoms with Crippen molar-refractivity contribution in [1.29, 1.82) is 0 Å². The van der Waals surface area contributed by atoms with Gasteiger partial charge in [0.05, 0.1) is 11.4 Å². The average Bonchev–Trinajstić information content (AvgIpc) is 3.72. The molecule has 0 saturated heterocycles. The van der Waals surface area contributed by atoms with Crippen molar-refractivity contribution in [3.05, 3.63) is 162 Å². The first-order valence-electron chi connectivity index (χ1n) is 15.5. The summed E-state index contributed by atoms with van der Waals surface area (Å²) in [6.45, 7) is 2.39. The number of rotatable bonds is 4. The first-order chi connectivity index (χ1) is 21.7. The lowest BCUT2D eigenvalue weighted by molar-refractivity contribution is 0.738. The number of aromatic nitrogens is 2. The maximum absolute atomic E-state index is 5.23. The second kappa shape index (κ2) is 9.59. The molecule has 2 aliphatic rings. The summed E-state index contributed by atoms with van der Waals surface area (Å²) in [6.07, 6.45) is 4.71. The number of hydrogen-bond acceptors (Lipinski definition) is 2. The van der Waals surface area contributed by atoms with E-state index in [1.54, 1.807) is 0 Å². The Morgan fingerprint density at radius 3 is 1.80 bits per heavy atom. The van der Waals surface area contributed by atoms with E-state index in [0.29, 0.717) is 11.8 Å². The monoisotopic (exact) mass is 562 g/mol. The fraction of sp³-hybridized carbons (Fsp3) is 0.0952. The van der Waals surface area contributed by atoms with Gasteiger partial charge in [0.25, 0.3) is 0 Å². The lowest BCUT2D eigenvalue weighted by Gasteiger charge is -2.24. The van der Waals surface area contributed by atoms with Crippen molar-refractivity contribution < 1.29 is 0 Å². The van der Waals surface area contributed by atoms with Crippen LogP contribution < -0.4 is 0 Å². The molecule has 0 spiro atoms. The van der Waals surface area contributed by atoms with Crippen molar-refractivity contribution in [1.82, 2.24) is 9.97 Å². The zero-order chi connectivity index (χ0) is 29.3. The van der Waals surface area contributed by atoms with Crippen molar-refractivity contribution in [2.45, 2.75) is 12.3 Å². The van der Waals surface area contributed by atoms with Crippen LogP contribution in [0.1, 0.15) is 23.6 Å². The molecular weight excluding hydrogens is 532 g/mol. The van der Waals surface area contributed by atoms with Gasteiger partial charge in [0.1, 0.15) is 0 Å². The molecule has 9 rings (SSSR count). The number of fused-ring (bicyclic) bond motifs is 5. The topological polar surface area (TPSA) is 25.8 Å². The molecule has 3 atom stereocenters. The minimum Gasteiger partial charge on any atom is -0.228 e. The third-order valence-corrected chi connectivity index (χ3v) is 10.0. The highest BCUT2D eigenvalue weighted by Gasteiger charge is 2.63. The molecule has 6 aromatic carbocycles. The highest BCUT2D eigenvalue weighted by atomic mass is 14.9. The highest BCUT2D eigenvalue weighted by Crippen LogP contribution is 2.66. The summed E-state index contributed by atoms with van der Waals surface area (Å²) in [7, 11) is 0. The van der Waals surface area contributed by atoms with Crippen LogP contribution in [0.4, 0.5) is 0 Å². The largest absolute Gasteiger partial charge is 0.228 e. The van der Waals surface area contributed by atoms with Gasteiger partial charge in [0.15, 0.2) is 5.82 Å². The van der Waals surface area contributed by atoms with Crippen molar-refractivity contribution >= 4 is 27.6 Å². The van der Waals surface area contributed by atoms with Gasteiger partial charge in [-0.2, -0.15) is 0 Å². The Hall–Kier alpha value is -5.34. The molecule has 3 unspecified atom stereocenters. The Bertz CT molecular complexity index is 2150. The molecule has 0 bridgehead atoms. The van der Waals surface area contributed by atoms with Crippen molar-refractivity contribution in [2.24, 2.45) is 11.8 Å². The van der Waals surface area contributed by atoms with E-state index < -0.39 is 0 Å². The molecule has 208 valence electrons. The predicted octanol–water partition coefficient (Wildman–Crippen LogP) is 10.4. The predicted molar refractivity (Wildman–Crippen MR) is 182 cm³/mol. The molecule has 44 heavy (non-hydrogen) atoms. The van der Waals surface area contributed by atoms with Crippen molar-refractivity contribution in [3.63, 3.8) is 0 Å². The summed E-state index contributed by atoms with van der Waals surface area (Å²) >= 11 is 0. The van der Waals surface area contributed by atoms with Gasteiger partial charge < -0.3 is 0 Å². The summed E-state index contributed by atoms with van der Waals surface area (Å²) in [6, 6.07) is 50.1. The Labute approximate surface area is 257 Å². The second-order valence-corrected chi connectivity index (χ2v) is 12.2. The van der Waals surface area contributed by atoms with Crippen molar-refractivity contribution in [2.75, 3.05) is 0 Å². The van der Waals surface area contributed by atoms with E-state index in [2.05, 4.69) is 159 Å². The van der Waals surface area contributed by atoms with Gasteiger partial charge in [-0.05, 0) is 56.1 Å². The third kappa shape index (κ3) is 3.67. The molecule has 0 radical (unpaired) electrons. The lowest BCUT2D eigenvalue weighted by atomic mass is 9.79. The first-order valence-corrected chi connectivity index (χ1v) is 15.5. The second-order valence-electron chi connectivity index (χ2n) is 12.2. The summed E-state index contributed by atoms with van der Waals surface area (Å²) in [5, 5.41) is 4.79. The number of nitrogens with zero attached hydrogens (tertiary/aromatic N) is 2. The van der Waals surface area contributed by atoms with E-state index in [4.69, 9.17) is 9.97 Å². The van der Waals surface area contributed by atoms with Gasteiger partial charge in [-0.25, -0.2) is 9.97 Å². The highest BCUT2D eigenvalue weighted by molar-refractivity contribution is 5.99. The Balaban J connectivity index is 1.21. The van der Waals surface area contributed by atoms with Crippen LogP contribution in [0, 0.1) is 11.8 Å². The molecule has 1 aromatic heterocycles. The zero-order valence-corrected chi connectivity index (χ0v) is 24.5. The molecule has 0 N–H and O–H groups in total. The Morgan fingerprint density at radius 1 is 0.568 bits per heavy atom. The zero-order valence-electron chi connectivity index (χ0n) is 24.5. The summed E-state index contributed by atoms with van der Waals surface area (Å²) < 4.78 is 0. The van der Waals surface area contributed by atoms with Crippen LogP contribution in [0.2, 0.25) is 0 Å². The van der Waals surface area contributed by atoms with Crippen LogP contribution in [0.3, 0.4) is 0 Å². The Morgan fingerprint density at radius 2 is 1.14 bits per heavy atom. The van der Waals surface area contributed by atoms with Gasteiger partial charge in [0.2, 0.25) is 0 Å². The number of hydrogen-bond donors (Lipinski definition) is 0. The van der Waals surface area contributed by atoms with Gasteiger partial charge in [-0.1, -0.05) is 153 Å². The van der Waals surface area contributed by atoms with E-state index >= 15 is 0 Å². The summed E-state index contributed by atoms with van der Waals surface area (Å²) in [4.78, 5) is 10.5. The maximum Gasteiger partial charge on any atom is 0.160 e. The minimum absolute atomic E-state index is 0.0453. The van der Waals surface area contributed by atoms with Crippen molar-refractivity contribution in [3.8, 4) is 33.9 Å². The van der Waals surface area contributed by atoms with Crippen LogP contribution in [-0.4, -0.2) is 9.97 Å². The molecule has 2 heteroatoms. The number of benzene rings is 6. The molecule has 1 saturated carbocycles. The van der Waals surface area contributed by atoms with E-state index in [9.17, 15) is 0 Å². The van der Waals surface area contributed by atoms with Crippen LogP contribution in [0.25, 0.3) is 61.5 Å². The summed E-state index contributed by atoms with van der Waals surface area (Å²) in [5.41, 5.74) is 9.31.